The van der Waals surface area contributed by atoms with Crippen LogP contribution in [0.1, 0.15) is 44.6 Å². The first-order valence-electron chi connectivity index (χ1n) is 15.2. The Labute approximate surface area is 272 Å². The number of aliphatic hydroxyl groups excluding tert-OH is 1. The molecule has 1 aromatic carbocycles. The molecule has 262 valence electrons. The lowest BCUT2D eigenvalue weighted by Gasteiger charge is -2.26. The zero-order valence-corrected chi connectivity index (χ0v) is 26.4. The number of carboxylic acids is 1. The van der Waals surface area contributed by atoms with Gasteiger partial charge in [0.05, 0.1) is 19.2 Å². The standard InChI is InChI=1S/C29H48N10O8/c1-17(40)24(39-23(42)16-35-25(43)19(36-22(41)15-31)11-7-13-34-29(32)33)27(45)37-20(10-5-6-12-30)26(44)38-21(28(46)47)14-18-8-3-2-4-9-18/h2-4,8-9,17,19-21,24,40H,5-7,10-16,30-31H2,1H3,(H,35,43)(H,36,41)(H,37,45)(H,38,44)(H,39,42)(H,46,47)(H4,32,33,34)/t17-,19+,20+,21+,24+/m1/s1. The molecule has 5 amide bonds. The highest BCUT2D eigenvalue weighted by molar-refractivity contribution is 5.95. The molecule has 0 heterocycles. The number of nitrogens with zero attached hydrogens (tertiary/aromatic N) is 1. The molecule has 0 unspecified atom stereocenters. The smallest absolute Gasteiger partial charge is 0.326 e. The van der Waals surface area contributed by atoms with Gasteiger partial charge in [0.15, 0.2) is 5.96 Å². The summed E-state index contributed by atoms with van der Waals surface area (Å²) in [4.78, 5) is 79.3. The summed E-state index contributed by atoms with van der Waals surface area (Å²) in [6.45, 7) is 0.740. The molecule has 0 bridgehead atoms. The van der Waals surface area contributed by atoms with E-state index in [0.29, 0.717) is 31.4 Å². The van der Waals surface area contributed by atoms with Crippen molar-refractivity contribution in [3.05, 3.63) is 35.9 Å². The second kappa shape index (κ2) is 21.8. The number of aliphatic hydroxyl groups is 1. The largest absolute Gasteiger partial charge is 0.480 e. The van der Waals surface area contributed by atoms with Gasteiger partial charge in [-0.3, -0.25) is 29.0 Å². The van der Waals surface area contributed by atoms with Gasteiger partial charge >= 0.3 is 5.97 Å². The van der Waals surface area contributed by atoms with E-state index in [0.717, 1.165) is 0 Å². The summed E-state index contributed by atoms with van der Waals surface area (Å²) in [6.07, 6.45) is 0.0330. The van der Waals surface area contributed by atoms with Crippen LogP contribution in [-0.4, -0.2) is 108 Å². The summed E-state index contributed by atoms with van der Waals surface area (Å²) in [5.74, 6) is -5.29. The Morgan fingerprint density at radius 2 is 1.40 bits per heavy atom. The van der Waals surface area contributed by atoms with Gasteiger partial charge in [0.2, 0.25) is 29.5 Å². The number of amides is 5. The third kappa shape index (κ3) is 16.4. The summed E-state index contributed by atoms with van der Waals surface area (Å²) in [5, 5.41) is 32.0. The molecule has 18 nitrogen and oxygen atoms in total. The summed E-state index contributed by atoms with van der Waals surface area (Å²) in [6, 6.07) is 3.55. The number of nitrogens with one attached hydrogen (secondary N) is 5. The Morgan fingerprint density at radius 3 is 1.98 bits per heavy atom. The van der Waals surface area contributed by atoms with E-state index in [-0.39, 0.29) is 38.3 Å². The number of rotatable bonds is 22. The minimum absolute atomic E-state index is 0.00349. The van der Waals surface area contributed by atoms with E-state index in [1.807, 2.05) is 0 Å². The van der Waals surface area contributed by atoms with Crippen molar-refractivity contribution >= 4 is 41.5 Å². The first-order valence-corrected chi connectivity index (χ1v) is 15.2. The Hall–Kier alpha value is -4.81. The van der Waals surface area contributed by atoms with Gasteiger partial charge in [-0.05, 0) is 51.1 Å². The van der Waals surface area contributed by atoms with Crippen LogP contribution in [-0.2, 0) is 35.2 Å². The number of carbonyl (C=O) groups excluding carboxylic acids is 5. The van der Waals surface area contributed by atoms with Gasteiger partial charge in [0, 0.05) is 13.0 Å². The molecular weight excluding hydrogens is 616 g/mol. The van der Waals surface area contributed by atoms with E-state index >= 15 is 0 Å². The fourth-order valence-electron chi connectivity index (χ4n) is 4.29. The molecule has 1 rings (SSSR count). The molecule has 47 heavy (non-hydrogen) atoms. The van der Waals surface area contributed by atoms with E-state index in [9.17, 15) is 39.0 Å². The molecule has 15 N–H and O–H groups in total. The number of hydrogen-bond donors (Lipinski definition) is 11. The van der Waals surface area contributed by atoms with Gasteiger partial charge in [0.25, 0.3) is 0 Å². The average Bonchev–Trinajstić information content (AvgIpc) is 3.02. The lowest BCUT2D eigenvalue weighted by molar-refractivity contribution is -0.142. The fraction of sp³-hybridized carbons (Fsp3) is 0.552. The van der Waals surface area contributed by atoms with Gasteiger partial charge in [0.1, 0.15) is 24.2 Å². The van der Waals surface area contributed by atoms with Crippen molar-refractivity contribution < 1.29 is 39.0 Å². The zero-order chi connectivity index (χ0) is 35.4. The maximum absolute atomic E-state index is 13.2. The molecule has 5 atom stereocenters. The second-order valence-corrected chi connectivity index (χ2v) is 10.7. The number of guanidine groups is 1. The maximum atomic E-state index is 13.2. The predicted molar refractivity (Wildman–Crippen MR) is 172 cm³/mol. The van der Waals surface area contributed by atoms with Crippen molar-refractivity contribution in [3.63, 3.8) is 0 Å². The van der Waals surface area contributed by atoms with Crippen LogP contribution in [0.4, 0.5) is 0 Å². The monoisotopic (exact) mass is 664 g/mol. The molecule has 1 aromatic rings. The average molecular weight is 665 g/mol. The minimum atomic E-state index is -1.55. The maximum Gasteiger partial charge on any atom is 0.326 e. The van der Waals surface area contributed by atoms with Crippen molar-refractivity contribution in [2.45, 2.75) is 75.7 Å². The molecule has 18 heteroatoms. The van der Waals surface area contributed by atoms with Gasteiger partial charge in [-0.25, -0.2) is 4.79 Å². The van der Waals surface area contributed by atoms with Crippen molar-refractivity contribution in [3.8, 4) is 0 Å². The highest BCUT2D eigenvalue weighted by atomic mass is 16.4. The lowest BCUT2D eigenvalue weighted by Crippen LogP contribution is -2.59. The molecule has 0 saturated heterocycles. The molecule has 0 fully saturated rings. The zero-order valence-electron chi connectivity index (χ0n) is 26.4. The van der Waals surface area contributed by atoms with Crippen LogP contribution in [0.25, 0.3) is 0 Å². The molecular formula is C29H48N10O8. The van der Waals surface area contributed by atoms with Crippen LogP contribution in [0.5, 0.6) is 0 Å². The summed E-state index contributed by atoms with van der Waals surface area (Å²) in [5.41, 5.74) is 22.1. The van der Waals surface area contributed by atoms with Crippen molar-refractivity contribution in [1.82, 2.24) is 26.6 Å². The Balaban J connectivity index is 2.92. The summed E-state index contributed by atoms with van der Waals surface area (Å²) >= 11 is 0. The fourth-order valence-corrected chi connectivity index (χ4v) is 4.29. The van der Waals surface area contributed by atoms with Gasteiger partial charge in [-0.15, -0.1) is 0 Å². The number of unbranched alkanes of at least 4 members (excludes halogenated alkanes) is 1. The van der Waals surface area contributed by atoms with Crippen LogP contribution >= 0.6 is 0 Å². The van der Waals surface area contributed by atoms with E-state index < -0.39 is 72.3 Å². The number of nitrogens with two attached hydrogens (primary N) is 4. The summed E-state index contributed by atoms with van der Waals surface area (Å²) in [7, 11) is 0. The van der Waals surface area contributed by atoms with Crippen molar-refractivity contribution in [2.75, 3.05) is 26.2 Å². The third-order valence-corrected chi connectivity index (χ3v) is 6.76. The van der Waals surface area contributed by atoms with Gasteiger partial charge in [-0.2, -0.15) is 0 Å². The molecule has 0 saturated carbocycles. The van der Waals surface area contributed by atoms with Crippen LogP contribution < -0.4 is 49.5 Å². The topological polar surface area (TPSA) is 319 Å². The number of carbonyl (C=O) groups is 6. The normalized spacial score (nSPS) is 13.9. The van der Waals surface area contributed by atoms with Crippen LogP contribution in [0.15, 0.2) is 35.3 Å². The molecule has 0 aliphatic heterocycles. The number of aliphatic imine (C=N–C) groups is 1. The van der Waals surface area contributed by atoms with E-state index in [1.165, 1.54) is 6.92 Å². The number of aliphatic carboxylic acids is 1. The van der Waals surface area contributed by atoms with Crippen LogP contribution in [0.3, 0.4) is 0 Å². The van der Waals surface area contributed by atoms with Crippen LogP contribution in [0, 0.1) is 0 Å². The SMILES string of the molecule is C[C@@H](O)[C@H](NC(=O)CNC(=O)[C@H](CCCN=C(N)N)NC(=O)CN)C(=O)N[C@@H](CCCCN)C(=O)N[C@@H](Cc1ccccc1)C(=O)O. The lowest BCUT2D eigenvalue weighted by atomic mass is 10.0. The predicted octanol–water partition coefficient (Wildman–Crippen LogP) is -4.11. The minimum Gasteiger partial charge on any atom is -0.480 e. The van der Waals surface area contributed by atoms with E-state index in [4.69, 9.17) is 22.9 Å². The highest BCUT2D eigenvalue weighted by Crippen LogP contribution is 2.07. The first-order chi connectivity index (χ1) is 22.3. The Kier molecular flexibility index (Phi) is 18.7. The molecule has 0 aromatic heterocycles. The number of benzene rings is 1. The quantitative estimate of drug-likeness (QED) is 0.0320. The summed E-state index contributed by atoms with van der Waals surface area (Å²) < 4.78 is 0. The molecule has 0 spiro atoms. The highest BCUT2D eigenvalue weighted by Gasteiger charge is 2.32. The molecule has 0 radical (unpaired) electrons. The second-order valence-electron chi connectivity index (χ2n) is 10.7. The Bertz CT molecular complexity index is 1210. The molecule has 0 aliphatic carbocycles. The van der Waals surface area contributed by atoms with Gasteiger partial charge < -0.3 is 59.7 Å². The third-order valence-electron chi connectivity index (χ3n) is 6.76. The van der Waals surface area contributed by atoms with Gasteiger partial charge in [-0.1, -0.05) is 30.3 Å². The van der Waals surface area contributed by atoms with E-state index in [1.54, 1.807) is 30.3 Å². The van der Waals surface area contributed by atoms with Crippen molar-refractivity contribution in [1.29, 1.82) is 0 Å². The number of hydrogen-bond acceptors (Lipinski definition) is 10. The molecule has 0 aliphatic rings. The van der Waals surface area contributed by atoms with Crippen LogP contribution in [0.2, 0.25) is 0 Å². The first kappa shape index (κ1) is 40.2. The Morgan fingerprint density at radius 1 is 0.787 bits per heavy atom. The van der Waals surface area contributed by atoms with Crippen molar-refractivity contribution in [2.24, 2.45) is 27.9 Å². The number of carboxylic acid groups (broad SMARTS) is 1. The van der Waals surface area contributed by atoms with E-state index in [2.05, 4.69) is 31.6 Å².